The predicted molar refractivity (Wildman–Crippen MR) is 159 cm³/mol. The summed E-state index contributed by atoms with van der Waals surface area (Å²) in [6.07, 6.45) is -1.39. The summed E-state index contributed by atoms with van der Waals surface area (Å²) in [5, 5.41) is 0. The van der Waals surface area contributed by atoms with Crippen molar-refractivity contribution in [1.29, 1.82) is 0 Å². The molecular weight excluding hydrogens is 557 g/mol. The SMILES string of the molecule is C=Cn1cnc2c(c1=O)CC(C)C(c1nc(N(Cc3ccc(OC)cc3)Cc3ccc(OC)cc3)ccc1C(F)(F)F)C2. The normalized spacial score (nSPS) is 16.3. The van der Waals surface area contributed by atoms with Crippen LogP contribution in [0, 0.1) is 5.92 Å². The van der Waals surface area contributed by atoms with E-state index in [1.807, 2.05) is 60.4 Å². The molecule has 5 rings (SSSR count). The van der Waals surface area contributed by atoms with Gasteiger partial charge in [0.05, 0.1) is 31.2 Å². The topological polar surface area (TPSA) is 69.5 Å². The molecule has 2 aromatic carbocycles. The molecule has 4 aromatic rings. The third kappa shape index (κ3) is 6.43. The molecule has 2 heterocycles. The van der Waals surface area contributed by atoms with Crippen molar-refractivity contribution >= 4 is 12.0 Å². The highest BCUT2D eigenvalue weighted by Gasteiger charge is 2.40. The van der Waals surface area contributed by atoms with E-state index >= 15 is 0 Å². The van der Waals surface area contributed by atoms with Crippen LogP contribution in [0.15, 0.2) is 78.4 Å². The van der Waals surface area contributed by atoms with Crippen LogP contribution < -0.4 is 19.9 Å². The van der Waals surface area contributed by atoms with Crippen molar-refractivity contribution in [3.05, 3.63) is 118 Å². The second kappa shape index (κ2) is 12.3. The lowest BCUT2D eigenvalue weighted by Crippen LogP contribution is -2.33. The number of fused-ring (bicyclic) bond motifs is 1. The molecule has 2 unspecified atom stereocenters. The molecular formula is C33H33F3N4O3. The highest BCUT2D eigenvalue weighted by molar-refractivity contribution is 5.47. The third-order valence-corrected chi connectivity index (χ3v) is 7.96. The number of hydrogen-bond donors (Lipinski definition) is 0. The van der Waals surface area contributed by atoms with Gasteiger partial charge in [0.25, 0.3) is 5.56 Å². The molecule has 1 aliphatic rings. The van der Waals surface area contributed by atoms with Crippen LogP contribution in [0.4, 0.5) is 19.0 Å². The standard InChI is InChI=1S/C33H33F3N4O3/c1-5-39-20-37-29-17-26(21(2)16-27(29)32(39)41)31-28(33(34,35)36)14-15-30(38-31)40(18-22-6-10-24(42-3)11-7-22)19-23-8-12-25(43-4)13-9-23/h5-15,20-21,26H,1,16-19H2,2-4H3. The van der Waals surface area contributed by atoms with Crippen molar-refractivity contribution in [2.45, 2.75) is 44.9 Å². The fourth-order valence-corrected chi connectivity index (χ4v) is 5.58. The van der Waals surface area contributed by atoms with Gasteiger partial charge < -0.3 is 14.4 Å². The molecule has 2 atom stereocenters. The molecule has 224 valence electrons. The van der Waals surface area contributed by atoms with Gasteiger partial charge in [-0.05, 0) is 66.3 Å². The lowest BCUT2D eigenvalue weighted by Gasteiger charge is -2.32. The van der Waals surface area contributed by atoms with Crippen LogP contribution in [0.2, 0.25) is 0 Å². The first-order valence-corrected chi connectivity index (χ1v) is 13.9. The molecule has 10 heteroatoms. The van der Waals surface area contributed by atoms with Crippen molar-refractivity contribution in [2.75, 3.05) is 19.1 Å². The van der Waals surface area contributed by atoms with Crippen LogP contribution >= 0.6 is 0 Å². The highest BCUT2D eigenvalue weighted by atomic mass is 19.4. The minimum Gasteiger partial charge on any atom is -0.497 e. The van der Waals surface area contributed by atoms with Crippen LogP contribution in [0.5, 0.6) is 11.5 Å². The van der Waals surface area contributed by atoms with Crippen molar-refractivity contribution < 1.29 is 22.6 Å². The van der Waals surface area contributed by atoms with Gasteiger partial charge in [0.15, 0.2) is 0 Å². The monoisotopic (exact) mass is 590 g/mol. The van der Waals surface area contributed by atoms with E-state index < -0.39 is 17.7 Å². The summed E-state index contributed by atoms with van der Waals surface area (Å²) in [5.74, 6) is 0.978. The zero-order chi connectivity index (χ0) is 30.7. The number of hydrogen-bond acceptors (Lipinski definition) is 6. The molecule has 0 radical (unpaired) electrons. The number of alkyl halides is 3. The number of pyridine rings is 1. The Labute approximate surface area is 248 Å². The number of anilines is 1. The van der Waals surface area contributed by atoms with Gasteiger partial charge in [-0.25, -0.2) is 9.97 Å². The van der Waals surface area contributed by atoms with E-state index in [0.717, 1.165) is 17.2 Å². The molecule has 0 spiro atoms. The number of aromatic nitrogens is 3. The van der Waals surface area contributed by atoms with Gasteiger partial charge in [-0.3, -0.25) is 9.36 Å². The molecule has 1 aliphatic carbocycles. The molecule has 0 N–H and O–H groups in total. The first-order valence-electron chi connectivity index (χ1n) is 13.9. The Hall–Kier alpha value is -4.60. The number of ether oxygens (including phenoxy) is 2. The maximum Gasteiger partial charge on any atom is 0.418 e. The maximum atomic E-state index is 14.4. The number of rotatable bonds is 9. The molecule has 0 amide bonds. The van der Waals surface area contributed by atoms with E-state index in [2.05, 4.69) is 11.6 Å². The van der Waals surface area contributed by atoms with Crippen molar-refractivity contribution in [2.24, 2.45) is 5.92 Å². The highest BCUT2D eigenvalue weighted by Crippen LogP contribution is 2.42. The molecule has 0 saturated heterocycles. The van der Waals surface area contributed by atoms with Gasteiger partial charge in [0.2, 0.25) is 0 Å². The van der Waals surface area contributed by atoms with Crippen LogP contribution in [-0.2, 0) is 32.1 Å². The Morgan fingerprint density at radius 3 is 2.05 bits per heavy atom. The molecule has 43 heavy (non-hydrogen) atoms. The van der Waals surface area contributed by atoms with E-state index in [1.54, 1.807) is 14.2 Å². The Morgan fingerprint density at radius 1 is 0.953 bits per heavy atom. The summed E-state index contributed by atoms with van der Waals surface area (Å²) >= 11 is 0. The third-order valence-electron chi connectivity index (χ3n) is 7.96. The van der Waals surface area contributed by atoms with E-state index in [1.165, 1.54) is 23.2 Å². The van der Waals surface area contributed by atoms with Gasteiger partial charge in [0.1, 0.15) is 23.6 Å². The van der Waals surface area contributed by atoms with E-state index in [0.29, 0.717) is 48.1 Å². The Bertz CT molecular complexity index is 1600. The smallest absolute Gasteiger partial charge is 0.418 e. The first-order chi connectivity index (χ1) is 20.6. The largest absolute Gasteiger partial charge is 0.497 e. The number of halogens is 3. The Morgan fingerprint density at radius 2 is 1.53 bits per heavy atom. The van der Waals surface area contributed by atoms with Crippen molar-refractivity contribution in [3.8, 4) is 11.5 Å². The first kappa shape index (κ1) is 29.9. The molecule has 0 fully saturated rings. The summed E-state index contributed by atoms with van der Waals surface area (Å²) in [6, 6.07) is 17.6. The summed E-state index contributed by atoms with van der Waals surface area (Å²) in [6.45, 7) is 6.30. The zero-order valence-electron chi connectivity index (χ0n) is 24.3. The van der Waals surface area contributed by atoms with Crippen LogP contribution in [-0.4, -0.2) is 28.8 Å². The fraction of sp³-hybridized carbons (Fsp3) is 0.303. The Kier molecular flexibility index (Phi) is 8.57. The van der Waals surface area contributed by atoms with E-state index in [9.17, 15) is 18.0 Å². The van der Waals surface area contributed by atoms with Gasteiger partial charge in [-0.15, -0.1) is 0 Å². The molecule has 0 aliphatic heterocycles. The minimum absolute atomic E-state index is 0.0349. The number of methoxy groups -OCH3 is 2. The average molecular weight is 591 g/mol. The van der Waals surface area contributed by atoms with Crippen LogP contribution in [0.25, 0.3) is 6.20 Å². The fourth-order valence-electron chi connectivity index (χ4n) is 5.58. The minimum atomic E-state index is -4.60. The summed E-state index contributed by atoms with van der Waals surface area (Å²) in [4.78, 5) is 24.0. The van der Waals surface area contributed by atoms with Gasteiger partial charge in [-0.2, -0.15) is 13.2 Å². The van der Waals surface area contributed by atoms with Crippen LogP contribution in [0.3, 0.4) is 0 Å². The average Bonchev–Trinajstić information content (AvgIpc) is 3.01. The summed E-state index contributed by atoms with van der Waals surface area (Å²) < 4.78 is 55.1. The zero-order valence-corrected chi connectivity index (χ0v) is 24.3. The second-order valence-corrected chi connectivity index (χ2v) is 10.7. The lowest BCUT2D eigenvalue weighted by molar-refractivity contribution is -0.138. The second-order valence-electron chi connectivity index (χ2n) is 10.7. The van der Waals surface area contributed by atoms with E-state index in [4.69, 9.17) is 14.5 Å². The number of nitrogens with zero attached hydrogens (tertiary/aromatic N) is 4. The molecule has 0 saturated carbocycles. The van der Waals surface area contributed by atoms with Gasteiger partial charge >= 0.3 is 6.18 Å². The van der Waals surface area contributed by atoms with Crippen molar-refractivity contribution in [3.63, 3.8) is 0 Å². The summed E-state index contributed by atoms with van der Waals surface area (Å²) in [7, 11) is 3.18. The Balaban J connectivity index is 1.57. The van der Waals surface area contributed by atoms with E-state index in [-0.39, 0.29) is 23.6 Å². The maximum absolute atomic E-state index is 14.4. The van der Waals surface area contributed by atoms with Crippen LogP contribution in [0.1, 0.15) is 46.5 Å². The predicted octanol–water partition coefficient (Wildman–Crippen LogP) is 6.50. The molecule has 7 nitrogen and oxygen atoms in total. The summed E-state index contributed by atoms with van der Waals surface area (Å²) in [5.41, 5.74) is 1.85. The van der Waals surface area contributed by atoms with Gasteiger partial charge in [0, 0.05) is 30.8 Å². The number of benzene rings is 2. The molecule has 2 aromatic heterocycles. The van der Waals surface area contributed by atoms with Gasteiger partial charge in [-0.1, -0.05) is 37.8 Å². The molecule has 0 bridgehead atoms. The lowest BCUT2D eigenvalue weighted by atomic mass is 9.76. The quantitative estimate of drug-likeness (QED) is 0.222. The van der Waals surface area contributed by atoms with Crippen molar-refractivity contribution in [1.82, 2.24) is 14.5 Å².